The van der Waals surface area contributed by atoms with Crippen LogP contribution in [0.2, 0.25) is 0 Å². The van der Waals surface area contributed by atoms with E-state index in [2.05, 4.69) is 5.32 Å². The second-order valence-electron chi connectivity index (χ2n) is 4.57. The number of ether oxygens (including phenoxy) is 2. The van der Waals surface area contributed by atoms with Gasteiger partial charge in [0.2, 0.25) is 0 Å². The number of rotatable bonds is 6. The summed E-state index contributed by atoms with van der Waals surface area (Å²) < 4.78 is 9.83. The van der Waals surface area contributed by atoms with E-state index >= 15 is 0 Å². The number of carbonyl (C=O) groups excluding carboxylic acids is 3. The summed E-state index contributed by atoms with van der Waals surface area (Å²) in [5.41, 5.74) is 5.35. The Balaban J connectivity index is 3.07. The molecule has 0 aromatic heterocycles. The van der Waals surface area contributed by atoms with E-state index in [1.165, 1.54) is 32.0 Å². The van der Waals surface area contributed by atoms with Crippen molar-refractivity contribution in [2.24, 2.45) is 5.73 Å². The number of hydrogen-bond donors (Lipinski definition) is 3. The molecule has 0 spiro atoms. The van der Waals surface area contributed by atoms with E-state index in [1.54, 1.807) is 0 Å². The van der Waals surface area contributed by atoms with E-state index in [9.17, 15) is 19.2 Å². The zero-order valence-electron chi connectivity index (χ0n) is 12.5. The summed E-state index contributed by atoms with van der Waals surface area (Å²) in [7, 11) is 0. The Bertz CT molecular complexity index is 642. The summed E-state index contributed by atoms with van der Waals surface area (Å²) in [6.07, 6.45) is -0.104. The highest BCUT2D eigenvalue weighted by atomic mass is 16.6. The van der Waals surface area contributed by atoms with E-state index in [0.717, 1.165) is 0 Å². The maximum Gasteiger partial charge on any atom is 0.326 e. The number of nitrogens with two attached hydrogens (primary N) is 1. The van der Waals surface area contributed by atoms with E-state index in [1.807, 2.05) is 0 Å². The molecule has 9 nitrogen and oxygen atoms in total. The van der Waals surface area contributed by atoms with Gasteiger partial charge in [0.15, 0.2) is 11.5 Å². The Hall–Kier alpha value is -3.10. The van der Waals surface area contributed by atoms with Crippen molar-refractivity contribution in [2.45, 2.75) is 26.3 Å². The van der Waals surface area contributed by atoms with Gasteiger partial charge in [0.05, 0.1) is 0 Å². The second-order valence-corrected chi connectivity index (χ2v) is 4.57. The normalized spacial score (nSPS) is 11.2. The molecule has 1 atom stereocenters. The fourth-order valence-corrected chi connectivity index (χ4v) is 1.76. The van der Waals surface area contributed by atoms with Crippen molar-refractivity contribution in [3.05, 3.63) is 23.8 Å². The predicted octanol–water partition coefficient (Wildman–Crippen LogP) is 0.201. The van der Waals surface area contributed by atoms with Crippen LogP contribution in [-0.4, -0.2) is 35.1 Å². The average Bonchev–Trinajstić information content (AvgIpc) is 2.39. The Morgan fingerprint density at radius 1 is 1.13 bits per heavy atom. The summed E-state index contributed by atoms with van der Waals surface area (Å²) in [5, 5.41) is 11.1. The van der Waals surface area contributed by atoms with E-state index in [0.29, 0.717) is 5.56 Å². The molecule has 23 heavy (non-hydrogen) atoms. The molecule has 0 bridgehead atoms. The van der Waals surface area contributed by atoms with Crippen molar-refractivity contribution in [2.75, 3.05) is 0 Å². The van der Waals surface area contributed by atoms with E-state index in [-0.39, 0.29) is 17.9 Å². The zero-order valence-corrected chi connectivity index (χ0v) is 12.5. The topological polar surface area (TPSA) is 145 Å². The molecule has 1 unspecified atom stereocenters. The molecule has 0 saturated heterocycles. The molecule has 2 amide bonds. The summed E-state index contributed by atoms with van der Waals surface area (Å²) >= 11 is 0. The Morgan fingerprint density at radius 2 is 1.70 bits per heavy atom. The highest BCUT2D eigenvalue weighted by Crippen LogP contribution is 2.29. The SMILES string of the molecule is CC(=O)Oc1ccc(CC(NC(N)=O)C(=O)O)cc1OC(C)=O. The van der Waals surface area contributed by atoms with E-state index in [4.69, 9.17) is 20.3 Å². The monoisotopic (exact) mass is 324 g/mol. The van der Waals surface area contributed by atoms with Crippen molar-refractivity contribution >= 4 is 23.9 Å². The lowest BCUT2D eigenvalue weighted by Gasteiger charge is -2.15. The molecule has 124 valence electrons. The van der Waals surface area contributed by atoms with Crippen LogP contribution in [0, 0.1) is 0 Å². The number of aliphatic carboxylic acids is 1. The van der Waals surface area contributed by atoms with Crippen LogP contribution in [-0.2, 0) is 20.8 Å². The minimum absolute atomic E-state index is 0.0196. The lowest BCUT2D eigenvalue weighted by molar-refractivity contribution is -0.139. The summed E-state index contributed by atoms with van der Waals surface area (Å²) in [6.45, 7) is 2.35. The molecule has 1 aromatic carbocycles. The van der Waals surface area contributed by atoms with Gasteiger partial charge in [-0.25, -0.2) is 9.59 Å². The first-order valence-electron chi connectivity index (χ1n) is 6.47. The minimum Gasteiger partial charge on any atom is -0.480 e. The Morgan fingerprint density at radius 3 is 2.17 bits per heavy atom. The van der Waals surface area contributed by atoms with Crippen molar-refractivity contribution in [3.63, 3.8) is 0 Å². The van der Waals surface area contributed by atoms with Gasteiger partial charge in [0, 0.05) is 20.3 Å². The van der Waals surface area contributed by atoms with Gasteiger partial charge >= 0.3 is 23.9 Å². The van der Waals surface area contributed by atoms with Crippen LogP contribution in [0.25, 0.3) is 0 Å². The first-order valence-corrected chi connectivity index (χ1v) is 6.47. The molecule has 0 aliphatic heterocycles. The van der Waals surface area contributed by atoms with Gasteiger partial charge < -0.3 is 25.6 Å². The number of amides is 2. The number of primary amides is 1. The number of carboxylic acids is 1. The van der Waals surface area contributed by atoms with Crippen LogP contribution < -0.4 is 20.5 Å². The van der Waals surface area contributed by atoms with Crippen LogP contribution >= 0.6 is 0 Å². The van der Waals surface area contributed by atoms with Crippen LogP contribution in [0.5, 0.6) is 11.5 Å². The van der Waals surface area contributed by atoms with Gasteiger partial charge in [0.25, 0.3) is 0 Å². The van der Waals surface area contributed by atoms with Gasteiger partial charge in [-0.3, -0.25) is 9.59 Å². The van der Waals surface area contributed by atoms with Crippen LogP contribution in [0.1, 0.15) is 19.4 Å². The molecular formula is C14H16N2O7. The number of urea groups is 1. The predicted molar refractivity (Wildman–Crippen MR) is 76.9 cm³/mol. The standard InChI is InChI=1S/C14H16N2O7/c1-7(17)22-11-4-3-9(6-12(11)23-8(2)18)5-10(13(19)20)16-14(15)21/h3-4,6,10H,5H2,1-2H3,(H,19,20)(H3,15,16,21). The smallest absolute Gasteiger partial charge is 0.326 e. The van der Waals surface area contributed by atoms with Crippen molar-refractivity contribution in [3.8, 4) is 11.5 Å². The van der Waals surface area contributed by atoms with Crippen molar-refractivity contribution < 1.29 is 33.8 Å². The summed E-state index contributed by atoms with van der Waals surface area (Å²) in [6, 6.07) is 1.95. The molecule has 4 N–H and O–H groups in total. The fraction of sp³-hybridized carbons (Fsp3) is 0.286. The second kappa shape index (κ2) is 7.78. The van der Waals surface area contributed by atoms with Gasteiger partial charge in [0.1, 0.15) is 6.04 Å². The summed E-state index contributed by atoms with van der Waals surface area (Å²) in [5.74, 6) is -2.54. The van der Waals surface area contributed by atoms with Crippen LogP contribution in [0.3, 0.4) is 0 Å². The van der Waals surface area contributed by atoms with Gasteiger partial charge in [-0.1, -0.05) is 6.07 Å². The first-order chi connectivity index (χ1) is 10.7. The van der Waals surface area contributed by atoms with Gasteiger partial charge in [-0.15, -0.1) is 0 Å². The highest BCUT2D eigenvalue weighted by Gasteiger charge is 2.20. The fourth-order valence-electron chi connectivity index (χ4n) is 1.76. The molecular weight excluding hydrogens is 308 g/mol. The third-order valence-corrected chi connectivity index (χ3v) is 2.57. The number of hydrogen-bond acceptors (Lipinski definition) is 6. The molecule has 9 heteroatoms. The lowest BCUT2D eigenvalue weighted by atomic mass is 10.1. The number of carboxylic acid groups (broad SMARTS) is 1. The van der Waals surface area contributed by atoms with Crippen LogP contribution in [0.15, 0.2) is 18.2 Å². The average molecular weight is 324 g/mol. The highest BCUT2D eigenvalue weighted by molar-refractivity contribution is 5.82. The Kier molecular flexibility index (Phi) is 6.07. The molecule has 1 rings (SSSR count). The van der Waals surface area contributed by atoms with Gasteiger partial charge in [-0.05, 0) is 17.7 Å². The van der Waals surface area contributed by atoms with Gasteiger partial charge in [-0.2, -0.15) is 0 Å². The van der Waals surface area contributed by atoms with Crippen LogP contribution in [0.4, 0.5) is 4.79 Å². The molecule has 0 fully saturated rings. The largest absolute Gasteiger partial charge is 0.480 e. The third-order valence-electron chi connectivity index (χ3n) is 2.57. The number of benzene rings is 1. The van der Waals surface area contributed by atoms with Crippen molar-refractivity contribution in [1.82, 2.24) is 5.32 Å². The maximum absolute atomic E-state index is 11.1. The third kappa shape index (κ3) is 6.04. The summed E-state index contributed by atoms with van der Waals surface area (Å²) in [4.78, 5) is 44.0. The minimum atomic E-state index is -1.28. The lowest BCUT2D eigenvalue weighted by Crippen LogP contribution is -2.44. The molecule has 1 aromatic rings. The molecule has 0 saturated carbocycles. The van der Waals surface area contributed by atoms with E-state index < -0.39 is 30.0 Å². The molecule has 0 aliphatic rings. The van der Waals surface area contributed by atoms with Crippen molar-refractivity contribution in [1.29, 1.82) is 0 Å². The number of nitrogens with one attached hydrogen (secondary N) is 1. The molecule has 0 heterocycles. The quantitative estimate of drug-likeness (QED) is 0.500. The number of esters is 2. The number of carbonyl (C=O) groups is 4. The molecule has 0 aliphatic carbocycles. The first kappa shape index (κ1) is 18.0. The molecule has 0 radical (unpaired) electrons. The Labute approximate surface area is 131 Å². The zero-order chi connectivity index (χ0) is 17.6. The maximum atomic E-state index is 11.1.